The summed E-state index contributed by atoms with van der Waals surface area (Å²) >= 11 is 0. The first-order valence-electron chi connectivity index (χ1n) is 24.0. The molecule has 0 amide bonds. The maximum Gasteiger partial charge on any atom is 0.339 e. The lowest BCUT2D eigenvalue weighted by atomic mass is 10.0. The number of aromatic nitrogens is 20. The normalized spacial score (nSPS) is 12.0. The maximum absolute atomic E-state index is 11.6. The minimum Gasteiger partial charge on any atom is -0.381 e. The van der Waals surface area contributed by atoms with E-state index in [1.807, 2.05) is 12.1 Å². The Morgan fingerprint density at radius 1 is 0.389 bits per heavy atom. The first kappa shape index (κ1) is 61.8. The molecule has 39 nitrogen and oxygen atoms in total. The number of carbonyl (C=O) groups excluding carboxylic acids is 3. The van der Waals surface area contributed by atoms with Crippen molar-refractivity contribution in [2.75, 3.05) is 11.5 Å². The minimum atomic E-state index is -1.50. The molecule has 0 saturated heterocycles. The summed E-state index contributed by atoms with van der Waals surface area (Å²) < 4.78 is 0. The van der Waals surface area contributed by atoms with E-state index in [9.17, 15) is 40.7 Å². The largest absolute Gasteiger partial charge is 0.381 e. The van der Waals surface area contributed by atoms with E-state index >= 15 is 0 Å². The van der Waals surface area contributed by atoms with Crippen LogP contribution in [-0.2, 0) is 14.4 Å². The second-order valence-corrected chi connectivity index (χ2v) is 17.1. The third-order valence-corrected chi connectivity index (χ3v) is 11.5. The van der Waals surface area contributed by atoms with Gasteiger partial charge in [-0.25, -0.2) is 77.9 Å². The molecular formula is C51H22N36O3. The second-order valence-electron chi connectivity index (χ2n) is 17.1. The zero-order valence-corrected chi connectivity index (χ0v) is 45.2. The Balaban J connectivity index is 0.000000262. The number of aromatic amines is 3. The van der Waals surface area contributed by atoms with Gasteiger partial charge in [0.25, 0.3) is 22.9 Å². The topological polar surface area (TPSA) is 606 Å². The molecule has 0 saturated carbocycles. The molecule has 0 aromatic carbocycles. The number of hydrogen-bond donors (Lipinski definition) is 5. The molecule has 6 unspecified atom stereocenters. The van der Waals surface area contributed by atoms with Gasteiger partial charge in [-0.2, -0.15) is 52.3 Å². The van der Waals surface area contributed by atoms with Gasteiger partial charge in [0.05, 0.1) is 24.3 Å². The summed E-state index contributed by atoms with van der Waals surface area (Å²) in [6.07, 6.45) is 0. The number of nitrogen functional groups attached to an aromatic ring is 2. The molecule has 6 atom stereocenters. The number of Topliss-reactive ketones (excluding diaryl/α,β-unsaturated/α-hetero) is 3. The van der Waals surface area contributed by atoms with Crippen LogP contribution >= 0.6 is 0 Å². The van der Waals surface area contributed by atoms with Crippen LogP contribution in [0.15, 0.2) is 0 Å². The number of imidazole rings is 3. The minimum absolute atomic E-state index is 0.0272. The van der Waals surface area contributed by atoms with E-state index in [0.29, 0.717) is 0 Å². The lowest BCUT2D eigenvalue weighted by Gasteiger charge is -2.12. The first-order chi connectivity index (χ1) is 43.2. The maximum atomic E-state index is 11.6. The molecule has 9 aromatic heterocycles. The number of H-pyrrole nitrogens is 3. The Morgan fingerprint density at radius 3 is 1.17 bits per heavy atom. The summed E-state index contributed by atoms with van der Waals surface area (Å²) in [6, 6.07) is 13.2. The highest BCUT2D eigenvalue weighted by atomic mass is 16.1. The van der Waals surface area contributed by atoms with E-state index in [1.165, 1.54) is 0 Å². The fourth-order valence-corrected chi connectivity index (χ4v) is 7.34. The predicted octanol–water partition coefficient (Wildman–Crippen LogP) is 2.66. The van der Waals surface area contributed by atoms with Crippen molar-refractivity contribution in [2.24, 2.45) is 0 Å². The van der Waals surface area contributed by atoms with E-state index in [1.54, 1.807) is 42.5 Å². The van der Waals surface area contributed by atoms with Crippen LogP contribution in [0, 0.1) is 135 Å². The lowest BCUT2D eigenvalue weighted by molar-refractivity contribution is -0.118. The molecule has 9 aromatic rings. The summed E-state index contributed by atoms with van der Waals surface area (Å²) in [7, 11) is 0. The molecule has 9 heterocycles. The van der Waals surface area contributed by atoms with Crippen molar-refractivity contribution in [1.29, 1.82) is 47.4 Å². The van der Waals surface area contributed by atoms with Crippen LogP contribution < -0.4 is 11.5 Å². The fraction of sp³-hybridized carbons (Fsp3) is 0.176. The van der Waals surface area contributed by atoms with Gasteiger partial charge in [-0.3, -0.25) is 29.1 Å². The first-order valence-corrected chi connectivity index (χ1v) is 24.0. The molecule has 9 rings (SSSR count). The molecule has 0 radical (unpaired) electrons. The third kappa shape index (κ3) is 12.4. The van der Waals surface area contributed by atoms with E-state index in [-0.39, 0.29) is 144 Å². The number of fused-ring (bicyclic) bond motifs is 3. The molecule has 0 spiro atoms. The number of anilines is 2. The number of carbonyl (C=O) groups is 3. The molecule has 0 aliphatic carbocycles. The SMILES string of the molecule is N#Cc1nc(N)c(N)nc1C#N.[C-]#[N+]C(C(C)=O)c1nc(C(C#N)C(C)=O)nc(C(C#N)C(C)=O)n1.[C-]#[N+]c1nc2[nH]c(C([N+]#[C-])c3nc(C(C#N)c4nc5nc(C#N)c(C#N)nc5[nH]4)nc(C(C#N)c4nc5nc([N+]#[C-])c([N+]#[C-])nc5[nH]4)n3)nc2nc1C#N. The summed E-state index contributed by atoms with van der Waals surface area (Å²) in [5, 5.41) is 84.1. The smallest absolute Gasteiger partial charge is 0.339 e. The number of nitrogens with zero attached hydrogens (tertiary/aromatic N) is 31. The van der Waals surface area contributed by atoms with Crippen molar-refractivity contribution in [2.45, 2.75) is 56.5 Å². The zero-order valence-electron chi connectivity index (χ0n) is 45.2. The zero-order chi connectivity index (χ0) is 65.7. The van der Waals surface area contributed by atoms with E-state index in [0.717, 1.165) is 20.8 Å². The van der Waals surface area contributed by atoms with Crippen LogP contribution in [0.1, 0.15) is 137 Å². The molecule has 0 aliphatic heterocycles. The Labute approximate surface area is 500 Å². The van der Waals surface area contributed by atoms with E-state index < -0.39 is 53.1 Å². The number of nitriles is 9. The van der Waals surface area contributed by atoms with Crippen molar-refractivity contribution < 1.29 is 14.4 Å². The summed E-state index contributed by atoms with van der Waals surface area (Å²) in [5.74, 6) is -10.6. The molecule has 424 valence electrons. The van der Waals surface area contributed by atoms with Crippen LogP contribution in [0.3, 0.4) is 0 Å². The van der Waals surface area contributed by atoms with Crippen molar-refractivity contribution in [3.63, 3.8) is 0 Å². The predicted molar refractivity (Wildman–Crippen MR) is 289 cm³/mol. The molecule has 7 N–H and O–H groups in total. The summed E-state index contributed by atoms with van der Waals surface area (Å²) in [4.78, 5) is 128. The standard InChI is InChI=1S/C30H6N24.C15H12N6O3.C6H4N6/c1-36-15(22-51-27-28(52-22)50-20(37-2)14(9-35)42-27)21-44-16(10(5-31)18-46-25-26(47-18)41-13(8-34)12(7-33)40-25)43-17(45-21)11(6-32)19-48-29-30(49-19)54-24(39-4)23(38-3)53-29;1-7(22)10(5-16)13-19-14(11(6-17)8(2)23)21-15(20-13)12(18-4)9(3)24;7-1-3-4(2-8)12-6(10)5(9)11-3/h10-11,15H,(H,40,41,46,47)(H,42,50,51,52)(H,48,49,53,54);10-12H,1-3H3;(H2,9,11)(H2,10,12). The van der Waals surface area contributed by atoms with Gasteiger partial charge >= 0.3 is 23.5 Å². The number of hydrogen-bond acceptors (Lipinski definition) is 31. The molecule has 90 heavy (non-hydrogen) atoms. The Morgan fingerprint density at radius 2 is 0.756 bits per heavy atom. The quantitative estimate of drug-likeness (QED) is 0.110. The van der Waals surface area contributed by atoms with Crippen LogP contribution in [-0.4, -0.2) is 117 Å². The highest BCUT2D eigenvalue weighted by Crippen LogP contribution is 2.32. The molecular weight excluding hydrogens is 1160 g/mol. The highest BCUT2D eigenvalue weighted by molar-refractivity contribution is 5.87. The van der Waals surface area contributed by atoms with Gasteiger partial charge in [0.15, 0.2) is 110 Å². The molecule has 0 bridgehead atoms. The van der Waals surface area contributed by atoms with Crippen LogP contribution in [0.25, 0.3) is 58.1 Å². The number of rotatable bonds is 12. The van der Waals surface area contributed by atoms with Crippen LogP contribution in [0.4, 0.5) is 29.1 Å². The van der Waals surface area contributed by atoms with Gasteiger partial charge in [0.2, 0.25) is 28.9 Å². The van der Waals surface area contributed by atoms with Gasteiger partial charge in [0.1, 0.15) is 42.0 Å². The van der Waals surface area contributed by atoms with Gasteiger partial charge in [0, 0.05) is 6.92 Å². The fourth-order valence-electron chi connectivity index (χ4n) is 7.34. The van der Waals surface area contributed by atoms with Crippen molar-refractivity contribution in [3.8, 4) is 54.6 Å². The number of nitrogens with two attached hydrogens (primary N) is 2. The summed E-state index contributed by atoms with van der Waals surface area (Å²) in [5.41, 5.74) is 9.01. The highest BCUT2D eigenvalue weighted by Gasteiger charge is 2.36. The molecule has 0 aliphatic rings. The van der Waals surface area contributed by atoms with Crippen LogP contribution in [0.2, 0.25) is 0 Å². The Kier molecular flexibility index (Phi) is 18.2. The average Bonchev–Trinajstić information content (AvgIpc) is 1.80. The lowest BCUT2D eigenvalue weighted by Crippen LogP contribution is -2.21. The van der Waals surface area contributed by atoms with Gasteiger partial charge in [-0.1, -0.05) is 24.7 Å². The second kappa shape index (κ2) is 26.4. The van der Waals surface area contributed by atoms with Crippen molar-refractivity contribution in [1.82, 2.24) is 99.7 Å². The average molecular weight is 1190 g/mol. The monoisotopic (exact) mass is 1190 g/mol. The van der Waals surface area contributed by atoms with Crippen molar-refractivity contribution in [3.05, 3.63) is 138 Å². The number of ketones is 3. The summed E-state index contributed by atoms with van der Waals surface area (Å²) in [6.45, 7) is 40.5. The third-order valence-electron chi connectivity index (χ3n) is 11.5. The Hall–Kier alpha value is -15.8. The van der Waals surface area contributed by atoms with E-state index in [2.05, 4.69) is 124 Å². The van der Waals surface area contributed by atoms with Crippen molar-refractivity contribution >= 4 is 80.3 Å². The van der Waals surface area contributed by atoms with Gasteiger partial charge in [-0.15, -0.1) is 9.97 Å². The van der Waals surface area contributed by atoms with Gasteiger partial charge in [-0.05, 0) is 13.8 Å². The Bertz CT molecular complexity index is 4530. The number of nitrogens with one attached hydrogen (secondary N) is 3. The van der Waals surface area contributed by atoms with Gasteiger partial charge < -0.3 is 36.0 Å². The van der Waals surface area contributed by atoms with Crippen LogP contribution in [0.5, 0.6) is 0 Å². The molecule has 39 heteroatoms. The molecule has 0 fully saturated rings. The van der Waals surface area contributed by atoms with E-state index in [4.69, 9.17) is 65.4 Å².